The number of imidazole rings is 1. The highest BCUT2D eigenvalue weighted by Crippen LogP contribution is 2.23. The van der Waals surface area contributed by atoms with Crippen LogP contribution < -0.4 is 10.6 Å². The van der Waals surface area contributed by atoms with Gasteiger partial charge in [-0.25, -0.2) is 14.8 Å². The third-order valence-electron chi connectivity index (χ3n) is 4.10. The molecule has 8 heteroatoms. The topological polar surface area (TPSA) is 94.0 Å². The molecule has 0 aliphatic rings. The Morgan fingerprint density at radius 2 is 1.89 bits per heavy atom. The van der Waals surface area contributed by atoms with E-state index in [9.17, 15) is 4.79 Å². The summed E-state index contributed by atoms with van der Waals surface area (Å²) in [5.41, 5.74) is 2.69. The Bertz CT molecular complexity index is 865. The Morgan fingerprint density at radius 3 is 2.67 bits per heavy atom. The zero-order valence-electron chi connectivity index (χ0n) is 15.4. The molecule has 0 saturated carbocycles. The van der Waals surface area contributed by atoms with Crippen LogP contribution in [-0.2, 0) is 11.3 Å². The fourth-order valence-corrected chi connectivity index (χ4v) is 2.81. The largest absolute Gasteiger partial charge is 0.385 e. The van der Waals surface area contributed by atoms with Crippen LogP contribution in [0.25, 0.3) is 22.6 Å². The molecule has 0 aliphatic heterocycles. The molecule has 0 unspecified atom stereocenters. The summed E-state index contributed by atoms with van der Waals surface area (Å²) in [6.07, 6.45) is 6.84. The predicted octanol–water partition coefficient (Wildman–Crippen LogP) is 2.22. The lowest BCUT2D eigenvalue weighted by molar-refractivity contribution is 0.193. The number of hydrogen-bond donors (Lipinski definition) is 2. The molecule has 0 bridgehead atoms. The highest BCUT2D eigenvalue weighted by Gasteiger charge is 2.13. The van der Waals surface area contributed by atoms with Crippen molar-refractivity contribution in [1.82, 2.24) is 30.2 Å². The number of amides is 2. The number of carbonyl (C=O) groups excluding carboxylic acids is 1. The first-order chi connectivity index (χ1) is 13.3. The first kappa shape index (κ1) is 18.8. The minimum atomic E-state index is -0.158. The molecule has 0 spiro atoms. The van der Waals surface area contributed by atoms with Gasteiger partial charge in [0.2, 0.25) is 0 Å². The van der Waals surface area contributed by atoms with Gasteiger partial charge < -0.3 is 19.9 Å². The summed E-state index contributed by atoms with van der Waals surface area (Å²) >= 11 is 0. The van der Waals surface area contributed by atoms with E-state index in [2.05, 4.69) is 25.2 Å². The number of carbonyl (C=O) groups is 1. The van der Waals surface area contributed by atoms with E-state index in [0.717, 1.165) is 35.4 Å². The third-order valence-corrected chi connectivity index (χ3v) is 4.10. The van der Waals surface area contributed by atoms with E-state index in [-0.39, 0.29) is 6.03 Å². The fraction of sp³-hybridized carbons (Fsp3) is 0.368. The molecule has 0 radical (unpaired) electrons. The van der Waals surface area contributed by atoms with Crippen LogP contribution in [0.2, 0.25) is 0 Å². The number of pyridine rings is 2. The van der Waals surface area contributed by atoms with Crippen LogP contribution in [0.15, 0.2) is 42.9 Å². The van der Waals surface area contributed by atoms with Gasteiger partial charge in [0.1, 0.15) is 11.3 Å². The minimum Gasteiger partial charge on any atom is -0.385 e. The van der Waals surface area contributed by atoms with Gasteiger partial charge in [0.05, 0.1) is 0 Å². The molecule has 0 aromatic carbocycles. The number of aryl methyl sites for hydroxylation is 1. The average Bonchev–Trinajstić information content (AvgIpc) is 3.08. The van der Waals surface area contributed by atoms with E-state index in [0.29, 0.717) is 26.2 Å². The van der Waals surface area contributed by atoms with Gasteiger partial charge in [-0.1, -0.05) is 0 Å². The molecular formula is C19H24N6O2. The smallest absolute Gasteiger partial charge is 0.314 e. The molecule has 0 fully saturated rings. The Hall–Kier alpha value is -3.00. The first-order valence-corrected chi connectivity index (χ1v) is 9.02. The van der Waals surface area contributed by atoms with Crippen molar-refractivity contribution < 1.29 is 9.53 Å². The second kappa shape index (κ2) is 9.63. The quantitative estimate of drug-likeness (QED) is 0.565. The van der Waals surface area contributed by atoms with E-state index < -0.39 is 0 Å². The van der Waals surface area contributed by atoms with Crippen LogP contribution in [-0.4, -0.2) is 52.4 Å². The highest BCUT2D eigenvalue weighted by molar-refractivity contribution is 5.77. The lowest BCUT2D eigenvalue weighted by Crippen LogP contribution is -2.37. The number of nitrogens with one attached hydrogen (secondary N) is 2. The lowest BCUT2D eigenvalue weighted by Gasteiger charge is -2.10. The zero-order valence-corrected chi connectivity index (χ0v) is 15.4. The van der Waals surface area contributed by atoms with E-state index in [4.69, 9.17) is 9.72 Å². The van der Waals surface area contributed by atoms with Gasteiger partial charge in [0.25, 0.3) is 0 Å². The molecule has 3 aromatic heterocycles. The van der Waals surface area contributed by atoms with Crippen molar-refractivity contribution in [3.63, 3.8) is 0 Å². The van der Waals surface area contributed by atoms with Gasteiger partial charge in [-0.05, 0) is 37.1 Å². The van der Waals surface area contributed by atoms with Crippen LogP contribution in [0.5, 0.6) is 0 Å². The number of rotatable bonds is 9. The van der Waals surface area contributed by atoms with Crippen molar-refractivity contribution in [2.45, 2.75) is 19.4 Å². The molecule has 142 valence electrons. The minimum absolute atomic E-state index is 0.158. The standard InChI is InChI=1S/C19H24N6O2/c1-27-14-4-10-23-19(26)22-9-3-13-25-17(15-6-11-20-12-7-15)24-16-5-2-8-21-18(16)25/h2,5-8,11-12H,3-4,9-10,13-14H2,1H3,(H2,22,23,26). The van der Waals surface area contributed by atoms with Gasteiger partial charge in [-0.15, -0.1) is 0 Å². The second-order valence-corrected chi connectivity index (χ2v) is 6.05. The van der Waals surface area contributed by atoms with E-state index in [1.165, 1.54) is 0 Å². The predicted molar refractivity (Wildman–Crippen MR) is 103 cm³/mol. The molecule has 0 saturated heterocycles. The van der Waals surface area contributed by atoms with Gasteiger partial charge in [0.15, 0.2) is 5.65 Å². The van der Waals surface area contributed by atoms with Crippen LogP contribution in [0.1, 0.15) is 12.8 Å². The van der Waals surface area contributed by atoms with E-state index in [1.54, 1.807) is 25.7 Å². The van der Waals surface area contributed by atoms with Gasteiger partial charge >= 0.3 is 6.03 Å². The number of hydrogen-bond acceptors (Lipinski definition) is 5. The van der Waals surface area contributed by atoms with Gasteiger partial charge in [-0.3, -0.25) is 4.98 Å². The third kappa shape index (κ3) is 5.01. The summed E-state index contributed by atoms with van der Waals surface area (Å²) < 4.78 is 7.04. The van der Waals surface area contributed by atoms with Crippen molar-refractivity contribution in [3.8, 4) is 11.4 Å². The Balaban J connectivity index is 1.60. The molecule has 0 atom stereocenters. The number of ether oxygens (including phenoxy) is 1. The van der Waals surface area contributed by atoms with Crippen LogP contribution in [0.4, 0.5) is 4.79 Å². The summed E-state index contributed by atoms with van der Waals surface area (Å²) in [6, 6.07) is 7.54. The Morgan fingerprint density at radius 1 is 1.11 bits per heavy atom. The van der Waals surface area contributed by atoms with Crippen molar-refractivity contribution in [1.29, 1.82) is 0 Å². The maximum atomic E-state index is 11.8. The van der Waals surface area contributed by atoms with Crippen LogP contribution in [0, 0.1) is 0 Å². The summed E-state index contributed by atoms with van der Waals surface area (Å²) in [5.74, 6) is 0.857. The zero-order chi connectivity index (χ0) is 18.9. The number of urea groups is 1. The molecular weight excluding hydrogens is 344 g/mol. The summed E-state index contributed by atoms with van der Waals surface area (Å²) in [7, 11) is 1.65. The summed E-state index contributed by atoms with van der Waals surface area (Å²) in [5, 5.41) is 5.68. The number of nitrogens with zero attached hydrogens (tertiary/aromatic N) is 4. The van der Waals surface area contributed by atoms with E-state index >= 15 is 0 Å². The van der Waals surface area contributed by atoms with Crippen LogP contribution in [0.3, 0.4) is 0 Å². The SMILES string of the molecule is COCCCNC(=O)NCCCn1c(-c2ccncc2)nc2cccnc21. The van der Waals surface area contributed by atoms with Crippen molar-refractivity contribution in [3.05, 3.63) is 42.9 Å². The second-order valence-electron chi connectivity index (χ2n) is 6.05. The van der Waals surface area contributed by atoms with E-state index in [1.807, 2.05) is 24.3 Å². The average molecular weight is 368 g/mol. The monoisotopic (exact) mass is 368 g/mol. The Kier molecular flexibility index (Phi) is 6.70. The van der Waals surface area contributed by atoms with Crippen LogP contribution >= 0.6 is 0 Å². The number of fused-ring (bicyclic) bond motifs is 1. The maximum absolute atomic E-state index is 11.8. The molecule has 3 rings (SSSR count). The molecule has 2 amide bonds. The summed E-state index contributed by atoms with van der Waals surface area (Å²) in [6.45, 7) is 2.51. The molecule has 0 aliphatic carbocycles. The number of aromatic nitrogens is 4. The molecule has 3 aromatic rings. The van der Waals surface area contributed by atoms with Crippen molar-refractivity contribution in [2.24, 2.45) is 0 Å². The molecule has 8 nitrogen and oxygen atoms in total. The Labute approximate surface area is 158 Å². The maximum Gasteiger partial charge on any atom is 0.314 e. The highest BCUT2D eigenvalue weighted by atomic mass is 16.5. The lowest BCUT2D eigenvalue weighted by atomic mass is 10.2. The molecule has 2 N–H and O–H groups in total. The van der Waals surface area contributed by atoms with Crippen molar-refractivity contribution >= 4 is 17.2 Å². The van der Waals surface area contributed by atoms with Gasteiger partial charge in [-0.2, -0.15) is 0 Å². The first-order valence-electron chi connectivity index (χ1n) is 9.02. The molecule has 27 heavy (non-hydrogen) atoms. The van der Waals surface area contributed by atoms with Crippen molar-refractivity contribution in [2.75, 3.05) is 26.8 Å². The summed E-state index contributed by atoms with van der Waals surface area (Å²) in [4.78, 5) is 25.0. The fourth-order valence-electron chi connectivity index (χ4n) is 2.81. The number of methoxy groups -OCH3 is 1. The molecule has 3 heterocycles. The normalized spacial score (nSPS) is 10.9. The van der Waals surface area contributed by atoms with Gasteiger partial charge in [0, 0.05) is 57.5 Å².